The summed E-state index contributed by atoms with van der Waals surface area (Å²) in [5, 5.41) is 2.69. The predicted octanol–water partition coefficient (Wildman–Crippen LogP) is 2.77. The van der Waals surface area contributed by atoms with Gasteiger partial charge >= 0.3 is 0 Å². The van der Waals surface area contributed by atoms with Crippen LogP contribution in [-0.4, -0.2) is 22.4 Å². The number of hydrogen-bond acceptors (Lipinski definition) is 4. The molecule has 1 aromatic carbocycles. The fraction of sp³-hybridized carbons (Fsp3) is 0.353. The van der Waals surface area contributed by atoms with Crippen molar-refractivity contribution in [3.63, 3.8) is 0 Å². The molecular weight excluding hydrogens is 276 g/mol. The number of nitrogens with two attached hydrogens (primary N) is 1. The molecule has 5 nitrogen and oxygen atoms in total. The zero-order valence-corrected chi connectivity index (χ0v) is 13.5. The Balaban J connectivity index is 2.30. The first kappa shape index (κ1) is 15.9. The molecule has 0 fully saturated rings. The fourth-order valence-corrected chi connectivity index (χ4v) is 2.08. The minimum atomic E-state index is -0.255. The Morgan fingerprint density at radius 1 is 1.23 bits per heavy atom. The lowest BCUT2D eigenvalue weighted by Crippen LogP contribution is -2.24. The number of nitrogens with zero attached hydrogens (tertiary/aromatic N) is 2. The van der Waals surface area contributed by atoms with E-state index in [9.17, 15) is 4.79 Å². The zero-order chi connectivity index (χ0) is 16.3. The number of rotatable bonds is 3. The number of nitrogen functional groups attached to an aromatic ring is 1. The van der Waals surface area contributed by atoms with Crippen molar-refractivity contribution in [3.05, 3.63) is 41.6 Å². The summed E-state index contributed by atoms with van der Waals surface area (Å²) < 4.78 is 0. The van der Waals surface area contributed by atoms with Crippen molar-refractivity contribution in [1.29, 1.82) is 0 Å². The Labute approximate surface area is 131 Å². The van der Waals surface area contributed by atoms with E-state index in [0.29, 0.717) is 17.9 Å². The van der Waals surface area contributed by atoms with E-state index in [1.165, 1.54) is 11.8 Å². The lowest BCUT2D eigenvalue weighted by Gasteiger charge is -2.19. The van der Waals surface area contributed by atoms with E-state index in [1.54, 1.807) is 0 Å². The van der Waals surface area contributed by atoms with Gasteiger partial charge in [0.05, 0.1) is 5.56 Å². The molecule has 5 heteroatoms. The van der Waals surface area contributed by atoms with Gasteiger partial charge in [-0.25, -0.2) is 9.97 Å². The number of carbonyl (C=O) groups is 1. The predicted molar refractivity (Wildman–Crippen MR) is 88.6 cm³/mol. The number of hydrogen-bond donors (Lipinski definition) is 2. The van der Waals surface area contributed by atoms with Gasteiger partial charge in [-0.3, -0.25) is 4.79 Å². The second-order valence-corrected chi connectivity index (χ2v) is 6.18. The highest BCUT2D eigenvalue weighted by Gasteiger charge is 2.15. The molecule has 1 heterocycles. The van der Waals surface area contributed by atoms with Crippen LogP contribution in [0.3, 0.4) is 0 Å². The molecular formula is C17H22N4O. The van der Waals surface area contributed by atoms with Gasteiger partial charge in [0.1, 0.15) is 5.82 Å². The first-order valence-electron chi connectivity index (χ1n) is 7.34. The van der Waals surface area contributed by atoms with E-state index in [-0.39, 0.29) is 17.1 Å². The van der Waals surface area contributed by atoms with Crippen LogP contribution in [0, 0.1) is 0 Å². The average Bonchev–Trinajstić information content (AvgIpc) is 2.46. The second kappa shape index (κ2) is 6.13. The van der Waals surface area contributed by atoms with Crippen molar-refractivity contribution in [2.24, 2.45) is 0 Å². The number of nitrogens with one attached hydrogen (secondary N) is 1. The third-order valence-electron chi connectivity index (χ3n) is 3.41. The minimum absolute atomic E-state index is 0.0977. The number of carbonyl (C=O) groups excluding carboxylic acids is 1. The van der Waals surface area contributed by atoms with Crippen LogP contribution < -0.4 is 11.1 Å². The van der Waals surface area contributed by atoms with Crippen LogP contribution in [0.5, 0.6) is 0 Å². The summed E-state index contributed by atoms with van der Waals surface area (Å²) in [7, 11) is 0. The molecule has 0 aliphatic rings. The largest absolute Gasteiger partial charge is 0.383 e. The van der Waals surface area contributed by atoms with Gasteiger partial charge in [0, 0.05) is 18.3 Å². The number of anilines is 1. The Hall–Kier alpha value is -2.43. The molecule has 2 rings (SSSR count). The van der Waals surface area contributed by atoms with E-state index in [2.05, 4.69) is 48.2 Å². The highest BCUT2D eigenvalue weighted by molar-refractivity contribution is 5.98. The van der Waals surface area contributed by atoms with Gasteiger partial charge in [0.15, 0.2) is 5.82 Å². The molecule has 0 saturated carbocycles. The standard InChI is InChI=1S/C17H22N4O/c1-5-19-16(22)13-10-20-15(21-14(13)18)11-6-8-12(9-7-11)17(2,3)4/h6-10H,5H2,1-4H3,(H,19,22)(H2,18,20,21). The van der Waals surface area contributed by atoms with E-state index in [1.807, 2.05) is 19.1 Å². The number of aromatic nitrogens is 2. The quantitative estimate of drug-likeness (QED) is 0.913. The SMILES string of the molecule is CCNC(=O)c1cnc(-c2ccc(C(C)(C)C)cc2)nc1N. The van der Waals surface area contributed by atoms with Crippen LogP contribution in [0.25, 0.3) is 11.4 Å². The summed E-state index contributed by atoms with van der Waals surface area (Å²) in [6, 6.07) is 8.07. The van der Waals surface area contributed by atoms with Gasteiger partial charge in [-0.15, -0.1) is 0 Å². The Morgan fingerprint density at radius 3 is 2.36 bits per heavy atom. The third-order valence-corrected chi connectivity index (χ3v) is 3.41. The summed E-state index contributed by atoms with van der Waals surface area (Å²) in [4.78, 5) is 20.3. The fourth-order valence-electron chi connectivity index (χ4n) is 2.08. The van der Waals surface area contributed by atoms with Gasteiger partial charge in [-0.05, 0) is 17.9 Å². The van der Waals surface area contributed by atoms with Crippen LogP contribution in [-0.2, 0) is 5.41 Å². The normalized spacial score (nSPS) is 11.3. The molecule has 0 atom stereocenters. The molecule has 3 N–H and O–H groups in total. The van der Waals surface area contributed by atoms with E-state index < -0.39 is 0 Å². The minimum Gasteiger partial charge on any atom is -0.383 e. The highest BCUT2D eigenvalue weighted by atomic mass is 16.1. The molecule has 0 spiro atoms. The summed E-state index contributed by atoms with van der Waals surface area (Å²) >= 11 is 0. The Bertz CT molecular complexity index is 672. The molecule has 22 heavy (non-hydrogen) atoms. The molecule has 1 aromatic heterocycles. The van der Waals surface area contributed by atoms with E-state index >= 15 is 0 Å². The smallest absolute Gasteiger partial charge is 0.256 e. The zero-order valence-electron chi connectivity index (χ0n) is 13.5. The molecule has 0 saturated heterocycles. The average molecular weight is 298 g/mol. The second-order valence-electron chi connectivity index (χ2n) is 6.18. The van der Waals surface area contributed by atoms with Gasteiger partial charge < -0.3 is 11.1 Å². The lowest BCUT2D eigenvalue weighted by molar-refractivity contribution is 0.0956. The number of amides is 1. The third kappa shape index (κ3) is 3.42. The van der Waals surface area contributed by atoms with Crippen LogP contribution in [0.2, 0.25) is 0 Å². The Kier molecular flexibility index (Phi) is 4.45. The van der Waals surface area contributed by atoms with Crippen molar-refractivity contribution in [2.75, 3.05) is 12.3 Å². The maximum atomic E-state index is 11.8. The summed E-state index contributed by atoms with van der Waals surface area (Å²) in [6.45, 7) is 8.88. The van der Waals surface area contributed by atoms with Crippen molar-refractivity contribution in [2.45, 2.75) is 33.1 Å². The van der Waals surface area contributed by atoms with Crippen LogP contribution >= 0.6 is 0 Å². The lowest BCUT2D eigenvalue weighted by atomic mass is 9.87. The highest BCUT2D eigenvalue weighted by Crippen LogP contribution is 2.25. The van der Waals surface area contributed by atoms with Crippen LogP contribution in [0.1, 0.15) is 43.6 Å². The van der Waals surface area contributed by atoms with Crippen molar-refractivity contribution in [3.8, 4) is 11.4 Å². The van der Waals surface area contributed by atoms with Gasteiger partial charge in [-0.2, -0.15) is 0 Å². The topological polar surface area (TPSA) is 80.9 Å². The molecule has 0 unspecified atom stereocenters. The van der Waals surface area contributed by atoms with E-state index in [4.69, 9.17) is 5.73 Å². The van der Waals surface area contributed by atoms with Crippen molar-refractivity contribution >= 4 is 11.7 Å². The number of benzene rings is 1. The Morgan fingerprint density at radius 2 is 1.86 bits per heavy atom. The maximum absolute atomic E-state index is 11.8. The maximum Gasteiger partial charge on any atom is 0.256 e. The van der Waals surface area contributed by atoms with Gasteiger partial charge in [0.2, 0.25) is 0 Å². The molecule has 0 bridgehead atoms. The van der Waals surface area contributed by atoms with E-state index in [0.717, 1.165) is 5.56 Å². The van der Waals surface area contributed by atoms with Crippen LogP contribution in [0.4, 0.5) is 5.82 Å². The summed E-state index contributed by atoms with van der Waals surface area (Å²) in [6.07, 6.45) is 1.47. The first-order chi connectivity index (χ1) is 10.3. The molecule has 2 aromatic rings. The van der Waals surface area contributed by atoms with Gasteiger partial charge in [0.25, 0.3) is 5.91 Å². The molecule has 1 amide bonds. The monoisotopic (exact) mass is 298 g/mol. The van der Waals surface area contributed by atoms with Crippen molar-refractivity contribution < 1.29 is 4.79 Å². The molecule has 0 radical (unpaired) electrons. The van der Waals surface area contributed by atoms with Crippen molar-refractivity contribution in [1.82, 2.24) is 15.3 Å². The first-order valence-corrected chi connectivity index (χ1v) is 7.34. The molecule has 0 aliphatic heterocycles. The summed E-state index contributed by atoms with van der Waals surface area (Å²) in [5.41, 5.74) is 8.39. The van der Waals surface area contributed by atoms with Crippen LogP contribution in [0.15, 0.2) is 30.5 Å². The molecule has 116 valence electrons. The van der Waals surface area contributed by atoms with Gasteiger partial charge in [-0.1, -0.05) is 45.0 Å². The summed E-state index contributed by atoms with van der Waals surface area (Å²) in [5.74, 6) is 0.455. The molecule has 0 aliphatic carbocycles.